The van der Waals surface area contributed by atoms with E-state index < -0.39 is 0 Å². The van der Waals surface area contributed by atoms with Gasteiger partial charge in [-0.25, -0.2) is 0 Å². The zero-order valence-corrected chi connectivity index (χ0v) is 12.7. The molecule has 0 saturated heterocycles. The molecule has 0 bridgehead atoms. The van der Waals surface area contributed by atoms with Gasteiger partial charge in [0.05, 0.1) is 12.6 Å². The minimum atomic E-state index is 0.122. The van der Waals surface area contributed by atoms with E-state index in [1.165, 1.54) is 5.56 Å². The van der Waals surface area contributed by atoms with Crippen LogP contribution in [0.1, 0.15) is 32.4 Å². The van der Waals surface area contributed by atoms with Crippen LogP contribution < -0.4 is 5.73 Å². The van der Waals surface area contributed by atoms with E-state index in [0.29, 0.717) is 19.2 Å². The number of rotatable bonds is 8. The second kappa shape index (κ2) is 7.63. The maximum Gasteiger partial charge on any atom is 0.0659 e. The van der Waals surface area contributed by atoms with Gasteiger partial charge in [-0.05, 0) is 24.1 Å². The quantitative estimate of drug-likeness (QED) is 0.784. The molecule has 3 nitrogen and oxygen atoms in total. The molecule has 0 radical (unpaired) electrons. The molecule has 1 aromatic carbocycles. The van der Waals surface area contributed by atoms with Crippen LogP contribution in [0.3, 0.4) is 0 Å². The second-order valence-corrected chi connectivity index (χ2v) is 5.81. The van der Waals surface area contributed by atoms with Crippen LogP contribution in [0, 0.1) is 5.41 Å². The number of hydrogen-bond donors (Lipinski definition) is 1. The minimum Gasteiger partial charge on any atom is -0.383 e. The zero-order chi connectivity index (χ0) is 14.3. The molecule has 1 unspecified atom stereocenters. The van der Waals surface area contributed by atoms with E-state index >= 15 is 0 Å². The highest BCUT2D eigenvalue weighted by Crippen LogP contribution is 2.25. The van der Waals surface area contributed by atoms with E-state index in [-0.39, 0.29) is 5.41 Å². The Kier molecular flexibility index (Phi) is 6.49. The highest BCUT2D eigenvalue weighted by Gasteiger charge is 2.25. The molecule has 1 atom stereocenters. The lowest BCUT2D eigenvalue weighted by atomic mass is 9.91. The summed E-state index contributed by atoms with van der Waals surface area (Å²) in [6.45, 7) is 9.99. The van der Waals surface area contributed by atoms with Crippen molar-refractivity contribution in [1.29, 1.82) is 0 Å². The average Bonchev–Trinajstić information content (AvgIpc) is 2.43. The fraction of sp³-hybridized carbons (Fsp3) is 0.625. The average molecular weight is 264 g/mol. The van der Waals surface area contributed by atoms with Crippen molar-refractivity contribution in [2.24, 2.45) is 11.1 Å². The molecule has 0 aliphatic rings. The summed E-state index contributed by atoms with van der Waals surface area (Å²) in [5.41, 5.74) is 7.29. The third-order valence-corrected chi connectivity index (χ3v) is 3.54. The molecule has 1 aromatic rings. The van der Waals surface area contributed by atoms with Gasteiger partial charge in [0.15, 0.2) is 0 Å². The number of likely N-dealkylation sites (N-methyl/N-ethyl adjacent to an activating group) is 1. The predicted octanol–water partition coefficient (Wildman–Crippen LogP) is 2.68. The summed E-state index contributed by atoms with van der Waals surface area (Å²) in [6, 6.07) is 10.8. The summed E-state index contributed by atoms with van der Waals surface area (Å²) >= 11 is 0. The lowest BCUT2D eigenvalue weighted by Gasteiger charge is -2.36. The van der Waals surface area contributed by atoms with Crippen molar-refractivity contribution in [3.05, 3.63) is 35.9 Å². The summed E-state index contributed by atoms with van der Waals surface area (Å²) in [4.78, 5) is 2.45. The number of nitrogens with two attached hydrogens (primary N) is 1. The first-order valence-electron chi connectivity index (χ1n) is 7.02. The van der Waals surface area contributed by atoms with Gasteiger partial charge in [0.25, 0.3) is 0 Å². The van der Waals surface area contributed by atoms with Crippen LogP contribution in [0.4, 0.5) is 0 Å². The number of ether oxygens (including phenoxy) is 1. The summed E-state index contributed by atoms with van der Waals surface area (Å²) in [6.07, 6.45) is 0. The van der Waals surface area contributed by atoms with Crippen molar-refractivity contribution in [2.75, 3.05) is 33.4 Å². The van der Waals surface area contributed by atoms with Gasteiger partial charge in [0.1, 0.15) is 0 Å². The Balaban J connectivity index is 2.89. The van der Waals surface area contributed by atoms with Crippen LogP contribution in [0.5, 0.6) is 0 Å². The van der Waals surface area contributed by atoms with E-state index in [2.05, 4.69) is 49.9 Å². The Morgan fingerprint density at radius 3 is 2.37 bits per heavy atom. The summed E-state index contributed by atoms with van der Waals surface area (Å²) in [7, 11) is 1.76. The molecule has 0 spiro atoms. The molecule has 0 aliphatic heterocycles. The van der Waals surface area contributed by atoms with E-state index in [4.69, 9.17) is 10.5 Å². The van der Waals surface area contributed by atoms with Gasteiger partial charge >= 0.3 is 0 Å². The Labute approximate surface area is 117 Å². The fourth-order valence-electron chi connectivity index (χ4n) is 2.30. The van der Waals surface area contributed by atoms with Crippen molar-refractivity contribution < 1.29 is 4.74 Å². The van der Waals surface area contributed by atoms with Crippen LogP contribution >= 0.6 is 0 Å². The largest absolute Gasteiger partial charge is 0.383 e. The van der Waals surface area contributed by atoms with E-state index in [1.807, 2.05) is 6.07 Å². The van der Waals surface area contributed by atoms with Gasteiger partial charge in [0, 0.05) is 13.7 Å². The highest BCUT2D eigenvalue weighted by molar-refractivity contribution is 5.19. The molecule has 2 N–H and O–H groups in total. The lowest BCUT2D eigenvalue weighted by Crippen LogP contribution is -2.41. The first kappa shape index (κ1) is 16.2. The fourth-order valence-corrected chi connectivity index (χ4v) is 2.30. The SMILES string of the molecule is CCN(CC(C)(C)CN)C(COC)c1ccccc1. The van der Waals surface area contributed by atoms with Gasteiger partial charge in [-0.1, -0.05) is 51.1 Å². The first-order chi connectivity index (χ1) is 9.04. The van der Waals surface area contributed by atoms with Crippen LogP contribution in [0.25, 0.3) is 0 Å². The van der Waals surface area contributed by atoms with Crippen LogP contribution in [0.15, 0.2) is 30.3 Å². The maximum absolute atomic E-state index is 5.86. The second-order valence-electron chi connectivity index (χ2n) is 5.81. The van der Waals surface area contributed by atoms with E-state index in [9.17, 15) is 0 Å². The van der Waals surface area contributed by atoms with Crippen molar-refractivity contribution in [1.82, 2.24) is 4.90 Å². The summed E-state index contributed by atoms with van der Waals surface area (Å²) in [5, 5.41) is 0. The van der Waals surface area contributed by atoms with Gasteiger partial charge < -0.3 is 10.5 Å². The number of nitrogens with zero attached hydrogens (tertiary/aromatic N) is 1. The maximum atomic E-state index is 5.86. The van der Waals surface area contributed by atoms with Gasteiger partial charge in [-0.15, -0.1) is 0 Å². The van der Waals surface area contributed by atoms with Gasteiger partial charge in [-0.2, -0.15) is 0 Å². The smallest absolute Gasteiger partial charge is 0.0659 e. The third-order valence-electron chi connectivity index (χ3n) is 3.54. The van der Waals surface area contributed by atoms with Crippen molar-refractivity contribution in [3.63, 3.8) is 0 Å². The molecule has 19 heavy (non-hydrogen) atoms. The Morgan fingerprint density at radius 2 is 1.89 bits per heavy atom. The van der Waals surface area contributed by atoms with Crippen LogP contribution in [0.2, 0.25) is 0 Å². The molecule has 0 saturated carbocycles. The molecule has 3 heteroatoms. The third kappa shape index (κ3) is 4.94. The molecule has 0 amide bonds. The van der Waals surface area contributed by atoms with Crippen LogP contribution in [-0.4, -0.2) is 38.3 Å². The molecule has 0 heterocycles. The monoisotopic (exact) mass is 264 g/mol. The van der Waals surface area contributed by atoms with E-state index in [1.54, 1.807) is 7.11 Å². The molecule has 0 fully saturated rings. The minimum absolute atomic E-state index is 0.122. The van der Waals surface area contributed by atoms with E-state index in [0.717, 1.165) is 13.1 Å². The molecule has 0 aliphatic carbocycles. The van der Waals surface area contributed by atoms with Gasteiger partial charge in [-0.3, -0.25) is 4.90 Å². The summed E-state index contributed by atoms with van der Waals surface area (Å²) in [5.74, 6) is 0. The Morgan fingerprint density at radius 1 is 1.26 bits per heavy atom. The van der Waals surface area contributed by atoms with Gasteiger partial charge in [0.2, 0.25) is 0 Å². The number of hydrogen-bond acceptors (Lipinski definition) is 3. The zero-order valence-electron chi connectivity index (χ0n) is 12.7. The van der Waals surface area contributed by atoms with Crippen LogP contribution in [-0.2, 0) is 4.74 Å². The summed E-state index contributed by atoms with van der Waals surface area (Å²) < 4.78 is 5.42. The first-order valence-corrected chi connectivity index (χ1v) is 7.02. The predicted molar refractivity (Wildman–Crippen MR) is 81.1 cm³/mol. The number of benzene rings is 1. The standard InChI is InChI=1S/C16H28N2O/c1-5-18(13-16(2,3)12-17)15(11-19-4)14-9-7-6-8-10-14/h6-10,15H,5,11-13,17H2,1-4H3. The molecule has 1 rings (SSSR count). The Hall–Kier alpha value is -0.900. The van der Waals surface area contributed by atoms with Crippen molar-refractivity contribution >= 4 is 0 Å². The molecule has 108 valence electrons. The molecule has 0 aromatic heterocycles. The number of methoxy groups -OCH3 is 1. The topological polar surface area (TPSA) is 38.5 Å². The lowest BCUT2D eigenvalue weighted by molar-refractivity contribution is 0.0684. The van der Waals surface area contributed by atoms with Crippen molar-refractivity contribution in [3.8, 4) is 0 Å². The molecular weight excluding hydrogens is 236 g/mol. The Bertz CT molecular complexity index is 351. The van der Waals surface area contributed by atoms with Crippen molar-refractivity contribution in [2.45, 2.75) is 26.8 Å². The highest BCUT2D eigenvalue weighted by atomic mass is 16.5. The normalized spacial score (nSPS) is 13.8. The molecular formula is C16H28N2O.